The average molecular weight is 349 g/mol. The van der Waals surface area contributed by atoms with E-state index < -0.39 is 10.7 Å². The Morgan fingerprint density at radius 1 is 1.42 bits per heavy atom. The van der Waals surface area contributed by atoms with Gasteiger partial charge in [0.15, 0.2) is 0 Å². The van der Waals surface area contributed by atoms with Gasteiger partial charge in [0.2, 0.25) is 0 Å². The molecule has 0 unspecified atom stereocenters. The van der Waals surface area contributed by atoms with E-state index in [1.807, 2.05) is 0 Å². The van der Waals surface area contributed by atoms with Crippen LogP contribution in [0.3, 0.4) is 0 Å². The first kappa shape index (κ1) is 14.8. The molecule has 0 spiro atoms. The number of aromatic nitrogens is 4. The zero-order valence-electron chi connectivity index (χ0n) is 12.1. The van der Waals surface area contributed by atoms with Crippen molar-refractivity contribution in [1.82, 2.24) is 19.6 Å². The standard InChI is InChI=1S/C14H10ClFN6O2/c15-12-11(9-5-8(22(23)24)3-4-10(9)16)13(19-7-1-2-7)21-14(20-12)17-6-18-21/h3-7,19H,1-2H2. The molecule has 0 saturated heterocycles. The van der Waals surface area contributed by atoms with Crippen molar-refractivity contribution >= 4 is 28.9 Å². The summed E-state index contributed by atoms with van der Waals surface area (Å²) in [5.74, 6) is 0.0461. The van der Waals surface area contributed by atoms with Gasteiger partial charge in [-0.2, -0.15) is 19.6 Å². The normalized spacial score (nSPS) is 14.1. The Labute approximate surface area is 139 Å². The Balaban J connectivity index is 2.00. The molecule has 0 radical (unpaired) electrons. The predicted molar refractivity (Wildman–Crippen MR) is 84.5 cm³/mol. The van der Waals surface area contributed by atoms with Crippen LogP contribution in [0.4, 0.5) is 15.9 Å². The third-order valence-corrected chi connectivity index (χ3v) is 4.00. The molecular formula is C14H10ClFN6O2. The molecule has 1 saturated carbocycles. The quantitative estimate of drug-likeness (QED) is 0.442. The number of nitrogens with zero attached hydrogens (tertiary/aromatic N) is 5. The fourth-order valence-electron chi connectivity index (χ4n) is 2.43. The summed E-state index contributed by atoms with van der Waals surface area (Å²) in [7, 11) is 0. The number of rotatable bonds is 4. The molecule has 1 aromatic carbocycles. The van der Waals surface area contributed by atoms with Gasteiger partial charge in [0, 0.05) is 23.7 Å². The van der Waals surface area contributed by atoms with Crippen LogP contribution in [-0.2, 0) is 0 Å². The van der Waals surface area contributed by atoms with Crippen LogP contribution in [0.1, 0.15) is 12.8 Å². The van der Waals surface area contributed by atoms with Crippen LogP contribution in [0.2, 0.25) is 5.15 Å². The van der Waals surface area contributed by atoms with Gasteiger partial charge in [-0.15, -0.1) is 0 Å². The number of nitrogens with one attached hydrogen (secondary N) is 1. The summed E-state index contributed by atoms with van der Waals surface area (Å²) < 4.78 is 15.8. The second-order valence-electron chi connectivity index (χ2n) is 5.44. The molecule has 10 heteroatoms. The van der Waals surface area contributed by atoms with Crippen LogP contribution in [0, 0.1) is 15.9 Å². The summed E-state index contributed by atoms with van der Waals surface area (Å²) in [4.78, 5) is 18.5. The Bertz CT molecular complexity index is 971. The molecular weight excluding hydrogens is 339 g/mol. The van der Waals surface area contributed by atoms with Gasteiger partial charge in [-0.25, -0.2) is 4.39 Å². The van der Waals surface area contributed by atoms with Crippen LogP contribution in [0.15, 0.2) is 24.5 Å². The topological polar surface area (TPSA) is 98.2 Å². The highest BCUT2D eigenvalue weighted by Crippen LogP contribution is 2.39. The molecule has 0 amide bonds. The first-order chi connectivity index (χ1) is 11.5. The summed E-state index contributed by atoms with van der Waals surface area (Å²) >= 11 is 6.24. The number of hydrogen-bond acceptors (Lipinski definition) is 6. The maximum absolute atomic E-state index is 14.4. The number of non-ortho nitro benzene ring substituents is 1. The molecule has 0 bridgehead atoms. The van der Waals surface area contributed by atoms with Gasteiger partial charge in [-0.1, -0.05) is 11.6 Å². The SMILES string of the molecule is O=[N+]([O-])c1ccc(F)c(-c2c(Cl)nc3ncnn3c2NC2CC2)c1. The lowest BCUT2D eigenvalue weighted by Gasteiger charge is -2.14. The van der Waals surface area contributed by atoms with Gasteiger partial charge in [0.25, 0.3) is 11.5 Å². The van der Waals surface area contributed by atoms with Gasteiger partial charge >= 0.3 is 0 Å². The second-order valence-corrected chi connectivity index (χ2v) is 5.80. The molecule has 0 aliphatic heterocycles. The summed E-state index contributed by atoms with van der Waals surface area (Å²) in [5.41, 5.74) is -0.0245. The lowest BCUT2D eigenvalue weighted by Crippen LogP contribution is -2.11. The van der Waals surface area contributed by atoms with Crippen molar-refractivity contribution < 1.29 is 9.31 Å². The van der Waals surface area contributed by atoms with Gasteiger partial charge in [-0.05, 0) is 18.9 Å². The second kappa shape index (κ2) is 5.38. The molecule has 1 aliphatic carbocycles. The molecule has 24 heavy (non-hydrogen) atoms. The Morgan fingerprint density at radius 2 is 2.21 bits per heavy atom. The summed E-state index contributed by atoms with van der Waals surface area (Å²) in [6.45, 7) is 0. The van der Waals surface area contributed by atoms with Crippen molar-refractivity contribution in [3.05, 3.63) is 45.6 Å². The highest BCUT2D eigenvalue weighted by molar-refractivity contribution is 6.33. The zero-order valence-corrected chi connectivity index (χ0v) is 12.9. The van der Waals surface area contributed by atoms with Crippen LogP contribution in [0.25, 0.3) is 16.9 Å². The first-order valence-electron chi connectivity index (χ1n) is 7.14. The van der Waals surface area contributed by atoms with Crippen LogP contribution >= 0.6 is 11.6 Å². The van der Waals surface area contributed by atoms with Crippen molar-refractivity contribution in [2.24, 2.45) is 0 Å². The minimum atomic E-state index is -0.636. The molecule has 8 nitrogen and oxygen atoms in total. The Morgan fingerprint density at radius 3 is 2.92 bits per heavy atom. The third kappa shape index (κ3) is 2.42. The minimum absolute atomic E-state index is 0.00181. The van der Waals surface area contributed by atoms with Gasteiger partial charge in [0.1, 0.15) is 23.1 Å². The number of anilines is 1. The summed E-state index contributed by atoms with van der Waals surface area (Å²) in [6, 6.07) is 3.49. The van der Waals surface area contributed by atoms with Crippen molar-refractivity contribution in [1.29, 1.82) is 0 Å². The maximum Gasteiger partial charge on any atom is 0.270 e. The molecule has 1 aliphatic rings. The maximum atomic E-state index is 14.4. The Hall–Kier alpha value is -2.81. The zero-order chi connectivity index (χ0) is 16.8. The number of fused-ring (bicyclic) bond motifs is 1. The summed E-state index contributed by atoms with van der Waals surface area (Å²) in [6.07, 6.45) is 3.24. The number of nitro benzene ring substituents is 1. The van der Waals surface area contributed by atoms with E-state index in [-0.39, 0.29) is 33.8 Å². The lowest BCUT2D eigenvalue weighted by atomic mass is 10.1. The smallest absolute Gasteiger partial charge is 0.270 e. The van der Waals surface area contributed by atoms with Crippen molar-refractivity contribution in [3.63, 3.8) is 0 Å². The Kier molecular flexibility index (Phi) is 3.31. The molecule has 4 rings (SSSR count). The first-order valence-corrected chi connectivity index (χ1v) is 7.52. The highest BCUT2D eigenvalue weighted by Gasteiger charge is 2.27. The molecule has 122 valence electrons. The monoisotopic (exact) mass is 348 g/mol. The van der Waals surface area contributed by atoms with Crippen molar-refractivity contribution in [3.8, 4) is 11.1 Å². The molecule has 1 fully saturated rings. The third-order valence-electron chi connectivity index (χ3n) is 3.73. The molecule has 0 atom stereocenters. The number of halogens is 2. The van der Waals surface area contributed by atoms with E-state index >= 15 is 0 Å². The number of benzene rings is 1. The largest absolute Gasteiger partial charge is 0.367 e. The van der Waals surface area contributed by atoms with Gasteiger partial charge in [-0.3, -0.25) is 10.1 Å². The van der Waals surface area contributed by atoms with Crippen LogP contribution < -0.4 is 5.32 Å². The van der Waals surface area contributed by atoms with E-state index in [4.69, 9.17) is 11.6 Å². The molecule has 1 N–H and O–H groups in total. The highest BCUT2D eigenvalue weighted by atomic mass is 35.5. The van der Waals surface area contributed by atoms with E-state index in [2.05, 4.69) is 20.4 Å². The van der Waals surface area contributed by atoms with Gasteiger partial charge in [0.05, 0.1) is 10.5 Å². The van der Waals surface area contributed by atoms with Crippen LogP contribution in [-0.4, -0.2) is 30.5 Å². The van der Waals surface area contributed by atoms with E-state index in [0.29, 0.717) is 5.82 Å². The average Bonchev–Trinajstić information content (AvgIpc) is 3.23. The van der Waals surface area contributed by atoms with E-state index in [1.54, 1.807) is 0 Å². The fourth-order valence-corrected chi connectivity index (χ4v) is 2.70. The molecule has 2 heterocycles. The van der Waals surface area contributed by atoms with Crippen molar-refractivity contribution in [2.45, 2.75) is 18.9 Å². The molecule has 3 aromatic rings. The van der Waals surface area contributed by atoms with Crippen molar-refractivity contribution in [2.75, 3.05) is 5.32 Å². The van der Waals surface area contributed by atoms with Crippen LogP contribution in [0.5, 0.6) is 0 Å². The van der Waals surface area contributed by atoms with E-state index in [9.17, 15) is 14.5 Å². The predicted octanol–water partition coefficient (Wildman–Crippen LogP) is 3.07. The molecule has 2 aromatic heterocycles. The summed E-state index contributed by atoms with van der Waals surface area (Å²) in [5, 5.41) is 18.3. The lowest BCUT2D eigenvalue weighted by molar-refractivity contribution is -0.384. The fraction of sp³-hybridized carbons (Fsp3) is 0.214. The van der Waals surface area contributed by atoms with E-state index in [0.717, 1.165) is 31.0 Å². The van der Waals surface area contributed by atoms with Gasteiger partial charge < -0.3 is 5.32 Å². The number of hydrogen-bond donors (Lipinski definition) is 1. The minimum Gasteiger partial charge on any atom is -0.367 e. The van der Waals surface area contributed by atoms with E-state index in [1.165, 1.54) is 10.8 Å². The number of nitro groups is 1.